The van der Waals surface area contributed by atoms with Gasteiger partial charge in [0, 0.05) is 11.6 Å². The topological polar surface area (TPSA) is 39.2 Å². The van der Waals surface area contributed by atoms with E-state index < -0.39 is 17.6 Å². The zero-order valence-corrected chi connectivity index (χ0v) is 11.2. The smallest absolute Gasteiger partial charge is 0.398 e. The second-order valence-electron chi connectivity index (χ2n) is 5.16. The van der Waals surface area contributed by atoms with E-state index in [2.05, 4.69) is 9.72 Å². The fourth-order valence-electron chi connectivity index (χ4n) is 2.59. The van der Waals surface area contributed by atoms with E-state index >= 15 is 0 Å². The predicted octanol–water partition coefficient (Wildman–Crippen LogP) is 3.62. The Labute approximate surface area is 118 Å². The average molecular weight is 295 g/mol. The number of carbonyl (C=O) groups is 1. The van der Waals surface area contributed by atoms with Crippen LogP contribution in [0.4, 0.5) is 13.2 Å². The fourth-order valence-corrected chi connectivity index (χ4v) is 2.59. The van der Waals surface area contributed by atoms with E-state index in [0.29, 0.717) is 16.5 Å². The van der Waals surface area contributed by atoms with E-state index in [1.54, 1.807) is 0 Å². The summed E-state index contributed by atoms with van der Waals surface area (Å²) in [4.78, 5) is 15.7. The van der Waals surface area contributed by atoms with E-state index in [1.165, 1.54) is 37.6 Å². The molecule has 0 spiro atoms. The Balaban J connectivity index is 2.13. The van der Waals surface area contributed by atoms with E-state index in [-0.39, 0.29) is 18.4 Å². The number of hydrogen-bond acceptors (Lipinski definition) is 3. The van der Waals surface area contributed by atoms with Crippen molar-refractivity contribution in [1.29, 1.82) is 0 Å². The molecule has 0 radical (unpaired) electrons. The Morgan fingerprint density at radius 1 is 1.29 bits per heavy atom. The first-order valence-electron chi connectivity index (χ1n) is 6.43. The van der Waals surface area contributed by atoms with E-state index in [9.17, 15) is 18.0 Å². The fraction of sp³-hybridized carbons (Fsp3) is 0.333. The number of nitrogens with zero attached hydrogens (tertiary/aromatic N) is 1. The van der Waals surface area contributed by atoms with E-state index in [1.807, 2.05) is 0 Å². The van der Waals surface area contributed by atoms with Gasteiger partial charge in [-0.15, -0.1) is 0 Å². The molecular weight excluding hydrogens is 283 g/mol. The first kappa shape index (κ1) is 13.9. The van der Waals surface area contributed by atoms with Gasteiger partial charge < -0.3 is 4.74 Å². The summed E-state index contributed by atoms with van der Waals surface area (Å²) in [6.45, 7) is 0. The molecule has 0 amide bonds. The average Bonchev–Trinajstić information content (AvgIpc) is 3.26. The highest BCUT2D eigenvalue weighted by Gasteiger charge is 2.64. The SMILES string of the molecule is COC(=O)c1ccnc2cc(C3(C(F)(F)F)CC3)ccc12. The van der Waals surface area contributed by atoms with Crippen LogP contribution >= 0.6 is 0 Å². The van der Waals surface area contributed by atoms with Crippen molar-refractivity contribution in [3.8, 4) is 0 Å². The summed E-state index contributed by atoms with van der Waals surface area (Å²) < 4.78 is 44.1. The van der Waals surface area contributed by atoms with E-state index in [0.717, 1.165) is 0 Å². The minimum absolute atomic E-state index is 0.0959. The van der Waals surface area contributed by atoms with Gasteiger partial charge in [0.15, 0.2) is 0 Å². The summed E-state index contributed by atoms with van der Waals surface area (Å²) in [6.07, 6.45) is -2.68. The van der Waals surface area contributed by atoms with Gasteiger partial charge in [0.25, 0.3) is 0 Å². The highest BCUT2D eigenvalue weighted by atomic mass is 19.4. The van der Waals surface area contributed by atoms with Crippen molar-refractivity contribution in [1.82, 2.24) is 4.98 Å². The van der Waals surface area contributed by atoms with Crippen LogP contribution < -0.4 is 0 Å². The van der Waals surface area contributed by atoms with Crippen molar-refractivity contribution >= 4 is 16.9 Å². The Kier molecular flexibility index (Phi) is 2.93. The molecule has 0 aliphatic heterocycles. The molecule has 0 saturated heterocycles. The van der Waals surface area contributed by atoms with Crippen LogP contribution in [0.3, 0.4) is 0 Å². The molecule has 1 aromatic heterocycles. The van der Waals surface area contributed by atoms with Crippen LogP contribution in [-0.4, -0.2) is 24.2 Å². The Hall–Kier alpha value is -2.11. The number of hydrogen-bond donors (Lipinski definition) is 0. The van der Waals surface area contributed by atoms with Crippen LogP contribution in [0.25, 0.3) is 10.9 Å². The highest BCUT2D eigenvalue weighted by molar-refractivity contribution is 6.03. The lowest BCUT2D eigenvalue weighted by atomic mass is 9.93. The third-order valence-electron chi connectivity index (χ3n) is 3.99. The van der Waals surface area contributed by atoms with Gasteiger partial charge in [0.1, 0.15) is 0 Å². The molecule has 0 atom stereocenters. The standard InChI is InChI=1S/C15H12F3NO2/c1-21-13(20)11-4-7-19-12-8-9(2-3-10(11)12)14(5-6-14)15(16,17)18/h2-4,7-8H,5-6H2,1H3. The monoisotopic (exact) mass is 295 g/mol. The van der Waals surface area contributed by atoms with Crippen LogP contribution in [-0.2, 0) is 10.2 Å². The largest absolute Gasteiger partial charge is 0.465 e. The number of pyridine rings is 1. The van der Waals surface area contributed by atoms with Crippen molar-refractivity contribution in [2.45, 2.75) is 24.4 Å². The molecule has 0 N–H and O–H groups in total. The van der Waals surface area contributed by atoms with Crippen LogP contribution in [0.2, 0.25) is 0 Å². The Bertz CT molecular complexity index is 720. The second kappa shape index (κ2) is 4.44. The molecule has 1 aromatic carbocycles. The van der Waals surface area contributed by atoms with Gasteiger partial charge in [-0.3, -0.25) is 4.98 Å². The third-order valence-corrected chi connectivity index (χ3v) is 3.99. The van der Waals surface area contributed by atoms with Crippen molar-refractivity contribution in [2.75, 3.05) is 7.11 Å². The molecule has 21 heavy (non-hydrogen) atoms. The number of halogens is 3. The van der Waals surface area contributed by atoms with Crippen molar-refractivity contribution in [3.63, 3.8) is 0 Å². The molecule has 0 unspecified atom stereocenters. The van der Waals surface area contributed by atoms with Crippen LogP contribution in [0.15, 0.2) is 30.5 Å². The number of carbonyl (C=O) groups excluding carboxylic acids is 1. The lowest BCUT2D eigenvalue weighted by molar-refractivity contribution is -0.160. The van der Waals surface area contributed by atoms with Gasteiger partial charge >= 0.3 is 12.1 Å². The van der Waals surface area contributed by atoms with Crippen LogP contribution in [0.5, 0.6) is 0 Å². The van der Waals surface area contributed by atoms with Crippen LogP contribution in [0, 0.1) is 0 Å². The van der Waals surface area contributed by atoms with Gasteiger partial charge in [-0.2, -0.15) is 13.2 Å². The van der Waals surface area contributed by atoms with Crippen LogP contribution in [0.1, 0.15) is 28.8 Å². The molecule has 1 saturated carbocycles. The van der Waals surface area contributed by atoms with Gasteiger partial charge in [0.05, 0.1) is 23.6 Å². The molecule has 2 aromatic rings. The zero-order valence-electron chi connectivity index (χ0n) is 11.2. The number of rotatable bonds is 2. The maximum Gasteiger partial charge on any atom is 0.398 e. The van der Waals surface area contributed by atoms with Gasteiger partial charge in [-0.25, -0.2) is 4.79 Å². The van der Waals surface area contributed by atoms with Crippen molar-refractivity contribution in [2.24, 2.45) is 0 Å². The zero-order chi connectivity index (χ0) is 15.3. The lowest BCUT2D eigenvalue weighted by Crippen LogP contribution is -2.28. The summed E-state index contributed by atoms with van der Waals surface area (Å²) in [5, 5.41) is 0.492. The summed E-state index contributed by atoms with van der Waals surface area (Å²) in [5.41, 5.74) is -0.877. The Morgan fingerprint density at radius 3 is 2.57 bits per heavy atom. The molecule has 0 bridgehead atoms. The minimum atomic E-state index is -4.26. The van der Waals surface area contributed by atoms with Gasteiger partial charge in [-0.05, 0) is 30.5 Å². The maximum atomic E-state index is 13.1. The Morgan fingerprint density at radius 2 is 2.00 bits per heavy atom. The molecule has 1 fully saturated rings. The van der Waals surface area contributed by atoms with E-state index in [4.69, 9.17) is 0 Å². The molecular formula is C15H12F3NO2. The number of fused-ring (bicyclic) bond motifs is 1. The summed E-state index contributed by atoms with van der Waals surface area (Å²) in [5.74, 6) is -0.535. The summed E-state index contributed by atoms with van der Waals surface area (Å²) >= 11 is 0. The van der Waals surface area contributed by atoms with Gasteiger partial charge in [0.2, 0.25) is 0 Å². The van der Waals surface area contributed by atoms with Crippen molar-refractivity contribution < 1.29 is 22.7 Å². The molecule has 1 aliphatic carbocycles. The maximum absolute atomic E-state index is 13.1. The van der Waals surface area contributed by atoms with Crippen molar-refractivity contribution in [3.05, 3.63) is 41.6 Å². The lowest BCUT2D eigenvalue weighted by Gasteiger charge is -2.20. The normalized spacial score (nSPS) is 16.8. The quantitative estimate of drug-likeness (QED) is 0.794. The molecule has 1 heterocycles. The number of aromatic nitrogens is 1. The number of ether oxygens (including phenoxy) is 1. The molecule has 3 nitrogen and oxygen atoms in total. The molecule has 6 heteroatoms. The molecule has 3 rings (SSSR count). The second-order valence-corrected chi connectivity index (χ2v) is 5.16. The first-order chi connectivity index (χ1) is 9.89. The summed E-state index contributed by atoms with van der Waals surface area (Å²) in [7, 11) is 1.26. The molecule has 1 aliphatic rings. The minimum Gasteiger partial charge on any atom is -0.465 e. The van der Waals surface area contributed by atoms with Gasteiger partial charge in [-0.1, -0.05) is 12.1 Å². The first-order valence-corrected chi connectivity index (χ1v) is 6.43. The summed E-state index contributed by atoms with van der Waals surface area (Å²) in [6, 6.07) is 5.85. The predicted molar refractivity (Wildman–Crippen MR) is 70.0 cm³/mol. The number of alkyl halides is 3. The molecule has 110 valence electrons. The highest BCUT2D eigenvalue weighted by Crippen LogP contribution is 2.59. The number of methoxy groups -OCH3 is 1. The third kappa shape index (κ3) is 2.05. The number of esters is 1. The number of benzene rings is 1.